The number of para-hydroxylation sites is 1. The summed E-state index contributed by atoms with van der Waals surface area (Å²) in [5.41, 5.74) is 1.98. The van der Waals surface area contributed by atoms with Gasteiger partial charge in [-0.15, -0.1) is 0 Å². The summed E-state index contributed by atoms with van der Waals surface area (Å²) >= 11 is 0. The lowest BCUT2D eigenvalue weighted by molar-refractivity contribution is 0.103. The summed E-state index contributed by atoms with van der Waals surface area (Å²) in [6.07, 6.45) is 4.32. The highest BCUT2D eigenvalue weighted by molar-refractivity contribution is 6.14. The van der Waals surface area contributed by atoms with Gasteiger partial charge < -0.3 is 0 Å². The lowest BCUT2D eigenvalue weighted by Crippen LogP contribution is -2.12. The molecule has 0 fully saturated rings. The molecule has 0 saturated carbocycles. The van der Waals surface area contributed by atoms with Crippen molar-refractivity contribution < 1.29 is 4.79 Å². The van der Waals surface area contributed by atoms with Crippen LogP contribution in [-0.4, -0.2) is 20.5 Å². The van der Waals surface area contributed by atoms with E-state index in [-0.39, 0.29) is 5.78 Å². The van der Waals surface area contributed by atoms with E-state index in [1.54, 1.807) is 23.1 Å². The number of pyridine rings is 1. The van der Waals surface area contributed by atoms with Gasteiger partial charge in [0.05, 0.1) is 11.1 Å². The monoisotopic (exact) mass is 265 g/mol. The Labute approximate surface area is 117 Å². The Balaban J connectivity index is 2.11. The van der Waals surface area contributed by atoms with E-state index < -0.39 is 0 Å². The highest BCUT2D eigenvalue weighted by atomic mass is 16.1. The number of ketones is 1. The van der Waals surface area contributed by atoms with Gasteiger partial charge in [0, 0.05) is 24.3 Å². The molecule has 0 spiro atoms. The fourth-order valence-electron chi connectivity index (χ4n) is 2.34. The molecule has 0 aliphatic heterocycles. The minimum absolute atomic E-state index is 0.0275. The maximum absolute atomic E-state index is 12.7. The van der Waals surface area contributed by atoms with E-state index in [9.17, 15) is 4.79 Å². The van der Waals surface area contributed by atoms with Gasteiger partial charge in [-0.05, 0) is 24.6 Å². The van der Waals surface area contributed by atoms with Crippen molar-refractivity contribution >= 4 is 16.7 Å². The molecule has 20 heavy (non-hydrogen) atoms. The molecule has 0 N–H and O–H groups in total. The first kappa shape index (κ1) is 12.5. The molecule has 0 aliphatic carbocycles. The summed E-state index contributed by atoms with van der Waals surface area (Å²) in [5, 5.41) is 5.18. The minimum atomic E-state index is -0.0275. The van der Waals surface area contributed by atoms with E-state index in [4.69, 9.17) is 0 Å². The Morgan fingerprint density at radius 3 is 2.85 bits per heavy atom. The smallest absolute Gasteiger partial charge is 0.213 e. The average molecular weight is 265 g/mol. The topological polar surface area (TPSA) is 47.8 Å². The summed E-state index contributed by atoms with van der Waals surface area (Å²) in [4.78, 5) is 17.1. The van der Waals surface area contributed by atoms with Crippen LogP contribution in [-0.2, 0) is 6.54 Å². The van der Waals surface area contributed by atoms with Gasteiger partial charge in [0.25, 0.3) is 0 Å². The Morgan fingerprint density at radius 1 is 1.15 bits per heavy atom. The van der Waals surface area contributed by atoms with E-state index in [2.05, 4.69) is 17.0 Å². The largest absolute Gasteiger partial charge is 0.287 e. The van der Waals surface area contributed by atoms with E-state index >= 15 is 0 Å². The second-order valence-corrected chi connectivity index (χ2v) is 4.65. The van der Waals surface area contributed by atoms with Crippen LogP contribution in [0.15, 0.2) is 48.8 Å². The molecular weight excluding hydrogens is 250 g/mol. The number of fused-ring (bicyclic) bond motifs is 1. The first-order valence-electron chi connectivity index (χ1n) is 6.71. The third-order valence-electron chi connectivity index (χ3n) is 3.26. The Hall–Kier alpha value is -2.49. The van der Waals surface area contributed by atoms with Crippen LogP contribution < -0.4 is 0 Å². The molecule has 1 aromatic carbocycles. The maximum atomic E-state index is 12.7. The number of aromatic nitrogens is 3. The summed E-state index contributed by atoms with van der Waals surface area (Å²) in [6.45, 7) is 2.81. The van der Waals surface area contributed by atoms with Crippen LogP contribution in [0.25, 0.3) is 10.9 Å². The van der Waals surface area contributed by atoms with E-state index in [1.165, 1.54) is 0 Å². The first-order valence-corrected chi connectivity index (χ1v) is 6.71. The second-order valence-electron chi connectivity index (χ2n) is 4.65. The number of rotatable bonds is 4. The number of carbonyl (C=O) groups excluding carboxylic acids is 1. The molecule has 4 nitrogen and oxygen atoms in total. The standard InChI is InChI=1S/C16H15N3O/c1-2-11-19-14(8-10-18-19)16(20)13-7-3-5-12-6-4-9-17-15(12)13/h3-10H,2,11H2,1H3. The predicted octanol–water partition coefficient (Wildman–Crippen LogP) is 3.07. The zero-order chi connectivity index (χ0) is 13.9. The van der Waals surface area contributed by atoms with Crippen molar-refractivity contribution in [3.63, 3.8) is 0 Å². The molecule has 2 heterocycles. The number of hydrogen-bond donors (Lipinski definition) is 0. The van der Waals surface area contributed by atoms with Gasteiger partial charge in [0.2, 0.25) is 5.78 Å². The van der Waals surface area contributed by atoms with Crippen molar-refractivity contribution in [3.05, 3.63) is 60.0 Å². The van der Waals surface area contributed by atoms with E-state index in [1.807, 2.05) is 30.3 Å². The average Bonchev–Trinajstić information content (AvgIpc) is 2.94. The van der Waals surface area contributed by atoms with Crippen molar-refractivity contribution in [2.45, 2.75) is 19.9 Å². The third-order valence-corrected chi connectivity index (χ3v) is 3.26. The van der Waals surface area contributed by atoms with Gasteiger partial charge in [-0.25, -0.2) is 0 Å². The van der Waals surface area contributed by atoms with Gasteiger partial charge in [0.1, 0.15) is 5.69 Å². The molecule has 4 heteroatoms. The highest BCUT2D eigenvalue weighted by Gasteiger charge is 2.16. The van der Waals surface area contributed by atoms with Gasteiger partial charge in [-0.3, -0.25) is 14.5 Å². The molecule has 0 radical (unpaired) electrons. The van der Waals surface area contributed by atoms with Crippen molar-refractivity contribution in [1.29, 1.82) is 0 Å². The fourth-order valence-corrected chi connectivity index (χ4v) is 2.34. The fraction of sp³-hybridized carbons (Fsp3) is 0.188. The van der Waals surface area contributed by atoms with Crippen LogP contribution >= 0.6 is 0 Å². The SMILES string of the molecule is CCCn1nccc1C(=O)c1cccc2cccnc12. The molecule has 0 amide bonds. The van der Waals surface area contributed by atoms with Gasteiger partial charge in [-0.1, -0.05) is 25.1 Å². The molecule has 2 aromatic heterocycles. The summed E-state index contributed by atoms with van der Waals surface area (Å²) < 4.78 is 1.75. The molecule has 0 aliphatic rings. The van der Waals surface area contributed by atoms with Crippen LogP contribution in [0.5, 0.6) is 0 Å². The van der Waals surface area contributed by atoms with Crippen LogP contribution in [0.4, 0.5) is 0 Å². The zero-order valence-electron chi connectivity index (χ0n) is 11.3. The van der Waals surface area contributed by atoms with Crippen LogP contribution in [0, 0.1) is 0 Å². The number of benzene rings is 1. The molecule has 0 unspecified atom stereocenters. The van der Waals surface area contributed by atoms with Crippen LogP contribution in [0.2, 0.25) is 0 Å². The normalized spacial score (nSPS) is 10.8. The summed E-state index contributed by atoms with van der Waals surface area (Å²) in [6, 6.07) is 11.3. The Kier molecular flexibility index (Phi) is 3.29. The summed E-state index contributed by atoms with van der Waals surface area (Å²) in [7, 11) is 0. The molecular formula is C16H15N3O. The van der Waals surface area contributed by atoms with Crippen molar-refractivity contribution in [2.75, 3.05) is 0 Å². The lowest BCUT2D eigenvalue weighted by Gasteiger charge is -2.07. The van der Waals surface area contributed by atoms with E-state index in [0.29, 0.717) is 11.3 Å². The van der Waals surface area contributed by atoms with Crippen molar-refractivity contribution in [3.8, 4) is 0 Å². The number of carbonyl (C=O) groups is 1. The van der Waals surface area contributed by atoms with Crippen LogP contribution in [0.1, 0.15) is 29.4 Å². The number of aryl methyl sites for hydroxylation is 1. The van der Waals surface area contributed by atoms with Gasteiger partial charge in [-0.2, -0.15) is 5.10 Å². The molecule has 0 bridgehead atoms. The quantitative estimate of drug-likeness (QED) is 0.681. The van der Waals surface area contributed by atoms with Crippen molar-refractivity contribution in [2.24, 2.45) is 0 Å². The van der Waals surface area contributed by atoms with E-state index in [0.717, 1.165) is 23.9 Å². The molecule has 3 rings (SSSR count). The van der Waals surface area contributed by atoms with Gasteiger partial charge in [0.15, 0.2) is 0 Å². The third kappa shape index (κ3) is 2.09. The van der Waals surface area contributed by atoms with Gasteiger partial charge >= 0.3 is 0 Å². The number of nitrogens with zero attached hydrogens (tertiary/aromatic N) is 3. The maximum Gasteiger partial charge on any atom is 0.213 e. The number of hydrogen-bond acceptors (Lipinski definition) is 3. The second kappa shape index (κ2) is 5.25. The molecule has 0 saturated heterocycles. The first-order chi connectivity index (χ1) is 9.81. The molecule has 100 valence electrons. The predicted molar refractivity (Wildman–Crippen MR) is 77.7 cm³/mol. The summed E-state index contributed by atoms with van der Waals surface area (Å²) in [5.74, 6) is -0.0275. The minimum Gasteiger partial charge on any atom is -0.287 e. The lowest BCUT2D eigenvalue weighted by atomic mass is 10.0. The highest BCUT2D eigenvalue weighted by Crippen LogP contribution is 2.19. The molecule has 3 aromatic rings. The molecule has 0 atom stereocenters. The zero-order valence-corrected chi connectivity index (χ0v) is 11.3. The Morgan fingerprint density at radius 2 is 2.00 bits per heavy atom. The van der Waals surface area contributed by atoms with Crippen LogP contribution in [0.3, 0.4) is 0 Å². The van der Waals surface area contributed by atoms with Crippen molar-refractivity contribution in [1.82, 2.24) is 14.8 Å². The Bertz CT molecular complexity index is 756.